The van der Waals surface area contributed by atoms with Crippen LogP contribution in [0, 0.1) is 11.2 Å². The predicted molar refractivity (Wildman–Crippen MR) is 70.3 cm³/mol. The monoisotopic (exact) mass is 272 g/mol. The van der Waals surface area contributed by atoms with Gasteiger partial charge in [-0.1, -0.05) is 6.92 Å². The van der Waals surface area contributed by atoms with Gasteiger partial charge in [-0.2, -0.15) is 4.98 Å². The lowest BCUT2D eigenvalue weighted by Crippen LogP contribution is -2.40. The molecule has 0 unspecified atom stereocenters. The number of hydrogen-bond acceptors (Lipinski definition) is 4. The summed E-state index contributed by atoms with van der Waals surface area (Å²) in [6.45, 7) is 5.06. The van der Waals surface area contributed by atoms with Crippen LogP contribution in [0.15, 0.2) is 6.20 Å². The average molecular weight is 273 g/mol. The van der Waals surface area contributed by atoms with Gasteiger partial charge in [-0.3, -0.25) is 0 Å². The van der Waals surface area contributed by atoms with E-state index in [1.165, 1.54) is 0 Å². The molecule has 1 aliphatic heterocycles. The van der Waals surface area contributed by atoms with Crippen molar-refractivity contribution in [2.45, 2.75) is 19.8 Å². The Bertz CT molecular complexity index is 419. The van der Waals surface area contributed by atoms with Crippen molar-refractivity contribution in [3.05, 3.63) is 17.3 Å². The summed E-state index contributed by atoms with van der Waals surface area (Å²) in [6.07, 6.45) is 3.28. The summed E-state index contributed by atoms with van der Waals surface area (Å²) < 4.78 is 13.5. The zero-order chi connectivity index (χ0) is 13.2. The van der Waals surface area contributed by atoms with E-state index < -0.39 is 5.82 Å². The number of nitrogens with zero attached hydrogens (tertiary/aromatic N) is 3. The lowest BCUT2D eigenvalue weighted by molar-refractivity contribution is 0.150. The van der Waals surface area contributed by atoms with E-state index in [-0.39, 0.29) is 16.5 Å². The van der Waals surface area contributed by atoms with Crippen LogP contribution in [0.2, 0.25) is 5.28 Å². The van der Waals surface area contributed by atoms with Crippen LogP contribution in [-0.4, -0.2) is 41.5 Å². The molecule has 2 heterocycles. The summed E-state index contributed by atoms with van der Waals surface area (Å²) in [5.41, 5.74) is 0.177. The second kappa shape index (κ2) is 5.36. The maximum Gasteiger partial charge on any atom is 0.224 e. The van der Waals surface area contributed by atoms with Crippen LogP contribution in [0.3, 0.4) is 0 Å². The summed E-state index contributed by atoms with van der Waals surface area (Å²) in [5, 5.41) is 3.11. The van der Waals surface area contributed by atoms with E-state index in [4.69, 9.17) is 11.6 Å². The fourth-order valence-electron chi connectivity index (χ4n) is 2.10. The molecule has 100 valence electrons. The van der Waals surface area contributed by atoms with Gasteiger partial charge in [0.05, 0.1) is 6.20 Å². The fraction of sp³-hybridized carbons (Fsp3) is 0.667. The highest BCUT2D eigenvalue weighted by Crippen LogP contribution is 2.30. The van der Waals surface area contributed by atoms with Gasteiger partial charge in [-0.15, -0.1) is 0 Å². The van der Waals surface area contributed by atoms with Crippen molar-refractivity contribution >= 4 is 17.4 Å². The molecular weight excluding hydrogens is 255 g/mol. The SMILES string of the molecule is CN1CCC(C)(CNc2nc(Cl)ncc2F)CC1. The Morgan fingerprint density at radius 1 is 1.50 bits per heavy atom. The molecule has 2 rings (SSSR count). The molecule has 1 fully saturated rings. The van der Waals surface area contributed by atoms with E-state index in [1.54, 1.807) is 0 Å². The van der Waals surface area contributed by atoms with Gasteiger partial charge in [0.25, 0.3) is 0 Å². The van der Waals surface area contributed by atoms with Gasteiger partial charge in [0.15, 0.2) is 11.6 Å². The van der Waals surface area contributed by atoms with Crippen molar-refractivity contribution < 1.29 is 4.39 Å². The molecule has 1 saturated heterocycles. The van der Waals surface area contributed by atoms with Gasteiger partial charge in [0.2, 0.25) is 5.28 Å². The van der Waals surface area contributed by atoms with Crippen LogP contribution in [0.25, 0.3) is 0 Å². The topological polar surface area (TPSA) is 41.0 Å². The number of nitrogens with one attached hydrogen (secondary N) is 1. The summed E-state index contributed by atoms with van der Waals surface area (Å²) >= 11 is 5.66. The molecule has 4 nitrogen and oxygen atoms in total. The number of aromatic nitrogens is 2. The Kier molecular flexibility index (Phi) is 4.02. The summed E-state index contributed by atoms with van der Waals surface area (Å²) in [6, 6.07) is 0. The Morgan fingerprint density at radius 3 is 2.83 bits per heavy atom. The second-order valence-electron chi connectivity index (χ2n) is 5.30. The van der Waals surface area contributed by atoms with E-state index >= 15 is 0 Å². The van der Waals surface area contributed by atoms with Crippen molar-refractivity contribution in [3.8, 4) is 0 Å². The molecule has 1 N–H and O–H groups in total. The third-order valence-corrected chi connectivity index (χ3v) is 3.77. The molecule has 0 saturated carbocycles. The first-order valence-electron chi connectivity index (χ1n) is 6.09. The van der Waals surface area contributed by atoms with Gasteiger partial charge >= 0.3 is 0 Å². The van der Waals surface area contributed by atoms with Crippen LogP contribution in [-0.2, 0) is 0 Å². The minimum Gasteiger partial charge on any atom is -0.367 e. The van der Waals surface area contributed by atoms with Gasteiger partial charge in [0.1, 0.15) is 0 Å². The van der Waals surface area contributed by atoms with Crippen LogP contribution in [0.1, 0.15) is 19.8 Å². The standard InChI is InChI=1S/C12H18ClFN4/c1-12(3-5-18(2)6-4-12)8-16-10-9(14)7-15-11(13)17-10/h7H,3-6,8H2,1-2H3,(H,15,16,17). The van der Waals surface area contributed by atoms with Gasteiger partial charge in [-0.05, 0) is 50.0 Å². The zero-order valence-electron chi connectivity index (χ0n) is 10.7. The van der Waals surface area contributed by atoms with E-state index in [0.717, 1.165) is 32.1 Å². The molecule has 1 aromatic heterocycles. The maximum atomic E-state index is 13.5. The molecular formula is C12H18ClFN4. The van der Waals surface area contributed by atoms with E-state index in [1.807, 2.05) is 0 Å². The molecule has 0 aromatic carbocycles. The van der Waals surface area contributed by atoms with Crippen molar-refractivity contribution in [1.82, 2.24) is 14.9 Å². The summed E-state index contributed by atoms with van der Waals surface area (Å²) in [7, 11) is 2.12. The number of piperidine rings is 1. The molecule has 0 amide bonds. The third kappa shape index (κ3) is 3.29. The highest BCUT2D eigenvalue weighted by Gasteiger charge is 2.28. The first kappa shape index (κ1) is 13.5. The molecule has 6 heteroatoms. The normalized spacial score (nSPS) is 19.8. The first-order chi connectivity index (χ1) is 8.48. The smallest absolute Gasteiger partial charge is 0.224 e. The minimum atomic E-state index is -0.462. The van der Waals surface area contributed by atoms with Crippen LogP contribution in [0.5, 0.6) is 0 Å². The molecule has 0 atom stereocenters. The van der Waals surface area contributed by atoms with Crippen molar-refractivity contribution in [1.29, 1.82) is 0 Å². The van der Waals surface area contributed by atoms with Crippen molar-refractivity contribution in [2.75, 3.05) is 32.0 Å². The largest absolute Gasteiger partial charge is 0.367 e. The number of hydrogen-bond donors (Lipinski definition) is 1. The summed E-state index contributed by atoms with van der Waals surface area (Å²) in [5.74, 6) is -0.272. The van der Waals surface area contributed by atoms with Gasteiger partial charge in [0, 0.05) is 6.54 Å². The van der Waals surface area contributed by atoms with E-state index in [2.05, 4.69) is 34.2 Å². The molecule has 0 spiro atoms. The third-order valence-electron chi connectivity index (χ3n) is 3.59. The molecule has 0 bridgehead atoms. The average Bonchev–Trinajstić information content (AvgIpc) is 2.35. The molecule has 0 aliphatic carbocycles. The Hall–Kier alpha value is -0.940. The molecule has 1 aromatic rings. The number of anilines is 1. The zero-order valence-corrected chi connectivity index (χ0v) is 11.5. The van der Waals surface area contributed by atoms with Crippen LogP contribution in [0.4, 0.5) is 10.2 Å². The lowest BCUT2D eigenvalue weighted by atomic mass is 9.80. The lowest BCUT2D eigenvalue weighted by Gasteiger charge is -2.38. The van der Waals surface area contributed by atoms with Crippen molar-refractivity contribution in [3.63, 3.8) is 0 Å². The Labute approximate surface area is 112 Å². The quantitative estimate of drug-likeness (QED) is 0.858. The molecule has 18 heavy (non-hydrogen) atoms. The van der Waals surface area contributed by atoms with Crippen LogP contribution < -0.4 is 5.32 Å². The minimum absolute atomic E-state index is 0.0624. The Morgan fingerprint density at radius 2 is 2.17 bits per heavy atom. The number of halogens is 2. The highest BCUT2D eigenvalue weighted by molar-refractivity contribution is 6.28. The molecule has 0 radical (unpaired) electrons. The summed E-state index contributed by atoms with van der Waals surface area (Å²) in [4.78, 5) is 9.76. The predicted octanol–water partition coefficient (Wildman–Crippen LogP) is 2.41. The molecule has 1 aliphatic rings. The Balaban J connectivity index is 1.96. The van der Waals surface area contributed by atoms with E-state index in [0.29, 0.717) is 6.54 Å². The van der Waals surface area contributed by atoms with E-state index in [9.17, 15) is 4.39 Å². The number of likely N-dealkylation sites (tertiary alicyclic amines) is 1. The second-order valence-corrected chi connectivity index (χ2v) is 5.64. The van der Waals surface area contributed by atoms with Gasteiger partial charge in [-0.25, -0.2) is 9.37 Å². The maximum absolute atomic E-state index is 13.5. The van der Waals surface area contributed by atoms with Crippen LogP contribution >= 0.6 is 11.6 Å². The highest BCUT2D eigenvalue weighted by atomic mass is 35.5. The fourth-order valence-corrected chi connectivity index (χ4v) is 2.24. The van der Waals surface area contributed by atoms with Crippen molar-refractivity contribution in [2.24, 2.45) is 5.41 Å². The van der Waals surface area contributed by atoms with Gasteiger partial charge < -0.3 is 10.2 Å². The number of rotatable bonds is 3. The first-order valence-corrected chi connectivity index (χ1v) is 6.47.